The number of piperidine rings is 1. The summed E-state index contributed by atoms with van der Waals surface area (Å²) in [6.07, 6.45) is 2.73. The second-order valence-electron chi connectivity index (χ2n) is 6.60. The van der Waals surface area contributed by atoms with Crippen molar-refractivity contribution in [3.8, 4) is 0 Å². The van der Waals surface area contributed by atoms with E-state index in [2.05, 4.69) is 32.6 Å². The predicted octanol–water partition coefficient (Wildman–Crippen LogP) is 1.34. The maximum absolute atomic E-state index is 11.2. The summed E-state index contributed by atoms with van der Waals surface area (Å²) in [5, 5.41) is 0. The number of rotatable bonds is 4. The first-order chi connectivity index (χ1) is 8.27. The van der Waals surface area contributed by atoms with Gasteiger partial charge in [-0.1, -0.05) is 27.7 Å². The first kappa shape index (κ1) is 15.4. The summed E-state index contributed by atoms with van der Waals surface area (Å²) >= 11 is 0. The van der Waals surface area contributed by atoms with E-state index < -0.39 is 0 Å². The molecule has 1 aliphatic rings. The predicted molar refractivity (Wildman–Crippen MR) is 75.0 cm³/mol. The summed E-state index contributed by atoms with van der Waals surface area (Å²) in [6, 6.07) is 0.562. The largest absolute Gasteiger partial charge is 0.369 e. The van der Waals surface area contributed by atoms with Gasteiger partial charge in [0.25, 0.3) is 0 Å². The van der Waals surface area contributed by atoms with Crippen molar-refractivity contribution in [2.45, 2.75) is 59.0 Å². The molecule has 106 valence electrons. The van der Waals surface area contributed by atoms with Crippen LogP contribution >= 0.6 is 0 Å². The van der Waals surface area contributed by atoms with Crippen molar-refractivity contribution in [2.24, 2.45) is 22.8 Å². The first-order valence-corrected chi connectivity index (χ1v) is 7.06. The lowest BCUT2D eigenvalue weighted by Gasteiger charge is -2.46. The number of amides is 1. The number of carbonyl (C=O) groups excluding carboxylic acids is 1. The van der Waals surface area contributed by atoms with E-state index in [-0.39, 0.29) is 23.3 Å². The van der Waals surface area contributed by atoms with Gasteiger partial charge in [0.15, 0.2) is 0 Å². The zero-order valence-corrected chi connectivity index (χ0v) is 12.3. The van der Waals surface area contributed by atoms with Crippen molar-refractivity contribution in [2.75, 3.05) is 13.1 Å². The molecule has 0 spiro atoms. The molecule has 1 amide bonds. The van der Waals surface area contributed by atoms with Crippen molar-refractivity contribution in [1.29, 1.82) is 0 Å². The van der Waals surface area contributed by atoms with Gasteiger partial charge in [0.1, 0.15) is 0 Å². The quantitative estimate of drug-likeness (QED) is 0.796. The summed E-state index contributed by atoms with van der Waals surface area (Å²) in [5.74, 6) is -0.0959. The van der Waals surface area contributed by atoms with Crippen LogP contribution in [0, 0.1) is 11.3 Å². The van der Waals surface area contributed by atoms with Gasteiger partial charge in [-0.3, -0.25) is 9.69 Å². The van der Waals surface area contributed by atoms with Crippen molar-refractivity contribution in [3.63, 3.8) is 0 Å². The van der Waals surface area contributed by atoms with Crippen LogP contribution in [0.4, 0.5) is 0 Å². The molecule has 4 heteroatoms. The lowest BCUT2D eigenvalue weighted by Crippen LogP contribution is -2.57. The normalized spacial score (nSPS) is 22.7. The highest BCUT2D eigenvalue weighted by Gasteiger charge is 2.36. The van der Waals surface area contributed by atoms with Crippen LogP contribution in [0.25, 0.3) is 0 Å². The highest BCUT2D eigenvalue weighted by molar-refractivity contribution is 5.76. The highest BCUT2D eigenvalue weighted by atomic mass is 16.1. The lowest BCUT2D eigenvalue weighted by atomic mass is 9.79. The molecule has 1 aliphatic heterocycles. The second-order valence-corrected chi connectivity index (χ2v) is 6.60. The Morgan fingerprint density at radius 3 is 2.17 bits per heavy atom. The van der Waals surface area contributed by atoms with Gasteiger partial charge in [0.05, 0.1) is 0 Å². The zero-order chi connectivity index (χ0) is 13.9. The maximum atomic E-state index is 11.2. The topological polar surface area (TPSA) is 72.3 Å². The molecular weight excluding hydrogens is 226 g/mol. The van der Waals surface area contributed by atoms with E-state index in [1.54, 1.807) is 0 Å². The molecule has 0 radical (unpaired) electrons. The van der Waals surface area contributed by atoms with Gasteiger partial charge < -0.3 is 11.5 Å². The molecule has 4 N–H and O–H groups in total. The van der Waals surface area contributed by atoms with Crippen LogP contribution in [0.5, 0.6) is 0 Å². The summed E-state index contributed by atoms with van der Waals surface area (Å²) < 4.78 is 0. The molecule has 0 bridgehead atoms. The van der Waals surface area contributed by atoms with Crippen LogP contribution in [-0.2, 0) is 4.79 Å². The fourth-order valence-electron chi connectivity index (χ4n) is 3.15. The molecule has 0 aromatic rings. The molecule has 4 nitrogen and oxygen atoms in total. The summed E-state index contributed by atoms with van der Waals surface area (Å²) in [4.78, 5) is 13.6. The van der Waals surface area contributed by atoms with Crippen LogP contribution in [-0.4, -0.2) is 36.0 Å². The monoisotopic (exact) mass is 255 g/mol. The van der Waals surface area contributed by atoms with Gasteiger partial charge in [0.2, 0.25) is 5.91 Å². The fourth-order valence-corrected chi connectivity index (χ4v) is 3.15. The standard InChI is InChI=1S/C14H29N3O/c1-5-11(15)12(14(2,3)4)17-8-6-10(7-9-17)13(16)18/h10-12H,5-9,15H2,1-4H3,(H2,16,18). The summed E-state index contributed by atoms with van der Waals surface area (Å²) in [6.45, 7) is 10.7. The molecule has 1 heterocycles. The lowest BCUT2D eigenvalue weighted by molar-refractivity contribution is -0.123. The van der Waals surface area contributed by atoms with Crippen LogP contribution in [0.2, 0.25) is 0 Å². The van der Waals surface area contributed by atoms with E-state index in [9.17, 15) is 4.79 Å². The van der Waals surface area contributed by atoms with Crippen LogP contribution in [0.3, 0.4) is 0 Å². The molecule has 0 saturated carbocycles. The Labute approximate surface area is 111 Å². The van der Waals surface area contributed by atoms with E-state index in [1.165, 1.54) is 0 Å². The molecule has 1 fully saturated rings. The van der Waals surface area contributed by atoms with Gasteiger partial charge in [-0.25, -0.2) is 0 Å². The molecule has 18 heavy (non-hydrogen) atoms. The average Bonchev–Trinajstić information content (AvgIpc) is 2.27. The van der Waals surface area contributed by atoms with E-state index in [1.807, 2.05) is 0 Å². The van der Waals surface area contributed by atoms with Crippen molar-refractivity contribution in [1.82, 2.24) is 4.90 Å². The second kappa shape index (κ2) is 6.02. The van der Waals surface area contributed by atoms with Gasteiger partial charge in [-0.2, -0.15) is 0 Å². The van der Waals surface area contributed by atoms with Crippen LogP contribution < -0.4 is 11.5 Å². The van der Waals surface area contributed by atoms with E-state index in [0.29, 0.717) is 6.04 Å². The maximum Gasteiger partial charge on any atom is 0.220 e. The fraction of sp³-hybridized carbons (Fsp3) is 0.929. The van der Waals surface area contributed by atoms with E-state index >= 15 is 0 Å². The number of primary amides is 1. The Hall–Kier alpha value is -0.610. The Balaban J connectivity index is 2.69. The van der Waals surface area contributed by atoms with Crippen molar-refractivity contribution < 1.29 is 4.79 Å². The number of carbonyl (C=O) groups is 1. The third-order valence-electron chi connectivity index (χ3n) is 4.09. The zero-order valence-electron chi connectivity index (χ0n) is 12.3. The van der Waals surface area contributed by atoms with Crippen molar-refractivity contribution in [3.05, 3.63) is 0 Å². The molecule has 0 aromatic carbocycles. The van der Waals surface area contributed by atoms with Gasteiger partial charge >= 0.3 is 0 Å². The Kier molecular flexibility index (Phi) is 5.17. The molecular formula is C14H29N3O. The Morgan fingerprint density at radius 2 is 1.83 bits per heavy atom. The molecule has 1 rings (SSSR count). The average molecular weight is 255 g/mol. The first-order valence-electron chi connectivity index (χ1n) is 7.06. The number of nitrogens with two attached hydrogens (primary N) is 2. The third kappa shape index (κ3) is 3.69. The molecule has 0 aromatic heterocycles. The summed E-state index contributed by atoms with van der Waals surface area (Å²) in [5.41, 5.74) is 11.8. The van der Waals surface area contributed by atoms with Crippen LogP contribution in [0.15, 0.2) is 0 Å². The minimum absolute atomic E-state index is 0.0553. The molecule has 2 unspecified atom stereocenters. The SMILES string of the molecule is CCC(N)C(N1CCC(C(N)=O)CC1)C(C)(C)C. The van der Waals surface area contributed by atoms with Gasteiger partial charge in [-0.15, -0.1) is 0 Å². The Morgan fingerprint density at radius 1 is 1.33 bits per heavy atom. The molecule has 2 atom stereocenters. The minimum Gasteiger partial charge on any atom is -0.369 e. The van der Waals surface area contributed by atoms with E-state index in [0.717, 1.165) is 32.4 Å². The highest BCUT2D eigenvalue weighted by Crippen LogP contribution is 2.30. The Bertz CT molecular complexity index is 277. The van der Waals surface area contributed by atoms with Gasteiger partial charge in [0, 0.05) is 18.0 Å². The number of hydrogen-bond acceptors (Lipinski definition) is 3. The third-order valence-corrected chi connectivity index (χ3v) is 4.09. The minimum atomic E-state index is -0.151. The smallest absolute Gasteiger partial charge is 0.220 e. The number of nitrogens with zero attached hydrogens (tertiary/aromatic N) is 1. The van der Waals surface area contributed by atoms with Crippen molar-refractivity contribution >= 4 is 5.91 Å². The van der Waals surface area contributed by atoms with E-state index in [4.69, 9.17) is 11.5 Å². The molecule has 0 aliphatic carbocycles. The summed E-state index contributed by atoms with van der Waals surface area (Å²) in [7, 11) is 0. The number of likely N-dealkylation sites (tertiary alicyclic amines) is 1. The van der Waals surface area contributed by atoms with Gasteiger partial charge in [-0.05, 0) is 37.8 Å². The van der Waals surface area contributed by atoms with Crippen LogP contribution in [0.1, 0.15) is 47.0 Å². The number of hydrogen-bond donors (Lipinski definition) is 2. The molecule has 1 saturated heterocycles.